The lowest BCUT2D eigenvalue weighted by atomic mass is 9.89. The molecule has 0 amide bonds. The molecule has 4 rings (SSSR count). The normalized spacial score (nSPS) is 13.5. The molecule has 3 aromatic rings. The lowest BCUT2D eigenvalue weighted by Gasteiger charge is -2.26. The first kappa shape index (κ1) is 19.1. The molecule has 1 saturated heterocycles. The molecule has 1 aliphatic heterocycles. The van der Waals surface area contributed by atoms with Crippen LogP contribution < -0.4 is 4.90 Å². The van der Waals surface area contributed by atoms with Crippen molar-refractivity contribution in [2.75, 3.05) is 24.6 Å². The highest BCUT2D eigenvalue weighted by Crippen LogP contribution is 2.47. The number of phenols is 1. The van der Waals surface area contributed by atoms with Gasteiger partial charge in [0.25, 0.3) is 0 Å². The zero-order chi connectivity index (χ0) is 20.2. The molecule has 0 bridgehead atoms. The molecule has 0 radical (unpaired) electrons. The van der Waals surface area contributed by atoms with Crippen molar-refractivity contribution >= 4 is 11.7 Å². The summed E-state index contributed by atoms with van der Waals surface area (Å²) < 4.78 is 5.25. The Morgan fingerprint density at radius 1 is 0.931 bits per heavy atom. The fourth-order valence-electron chi connectivity index (χ4n) is 4.01. The first-order valence-corrected chi connectivity index (χ1v) is 10.1. The standard InChI is InChI=1S/C25H25NO3/c1-2-29-25(28)20-17-21(26-15-9-10-16-26)22(18-11-5-3-6-12-18)23(24(20)27)19-13-7-4-8-14-19/h3-8,11-14,17,27H,2,9-10,15-16H2,1H3. The number of phenolic OH excluding ortho intramolecular Hbond substituents is 1. The number of anilines is 1. The van der Waals surface area contributed by atoms with Crippen LogP contribution in [-0.2, 0) is 4.74 Å². The van der Waals surface area contributed by atoms with E-state index in [0.29, 0.717) is 5.56 Å². The Kier molecular flexibility index (Phi) is 5.52. The molecule has 0 unspecified atom stereocenters. The van der Waals surface area contributed by atoms with Crippen molar-refractivity contribution in [1.29, 1.82) is 0 Å². The highest BCUT2D eigenvalue weighted by atomic mass is 16.5. The van der Waals surface area contributed by atoms with Gasteiger partial charge in [0.15, 0.2) is 0 Å². The van der Waals surface area contributed by atoms with Gasteiger partial charge in [0.2, 0.25) is 0 Å². The van der Waals surface area contributed by atoms with E-state index in [4.69, 9.17) is 4.74 Å². The summed E-state index contributed by atoms with van der Waals surface area (Å²) in [4.78, 5) is 15.0. The largest absolute Gasteiger partial charge is 0.506 e. The van der Waals surface area contributed by atoms with E-state index in [-0.39, 0.29) is 17.9 Å². The van der Waals surface area contributed by atoms with E-state index in [9.17, 15) is 9.90 Å². The van der Waals surface area contributed by atoms with E-state index < -0.39 is 5.97 Å². The third kappa shape index (κ3) is 3.70. The molecule has 0 atom stereocenters. The van der Waals surface area contributed by atoms with Crippen LogP contribution in [0, 0.1) is 0 Å². The minimum atomic E-state index is -0.498. The van der Waals surface area contributed by atoms with Crippen LogP contribution >= 0.6 is 0 Å². The number of aromatic hydroxyl groups is 1. The fourth-order valence-corrected chi connectivity index (χ4v) is 4.01. The number of carbonyl (C=O) groups is 1. The second-order valence-electron chi connectivity index (χ2n) is 7.19. The number of rotatable bonds is 5. The van der Waals surface area contributed by atoms with Gasteiger partial charge in [-0.05, 0) is 37.0 Å². The number of hydrogen-bond acceptors (Lipinski definition) is 4. The average Bonchev–Trinajstić information content (AvgIpc) is 3.29. The maximum Gasteiger partial charge on any atom is 0.342 e. The minimum absolute atomic E-state index is 0.0311. The van der Waals surface area contributed by atoms with Gasteiger partial charge in [0.05, 0.1) is 6.61 Å². The molecule has 0 saturated carbocycles. The molecule has 1 N–H and O–H groups in total. The summed E-state index contributed by atoms with van der Waals surface area (Å²) in [5, 5.41) is 11.2. The van der Waals surface area contributed by atoms with E-state index in [1.165, 1.54) is 0 Å². The van der Waals surface area contributed by atoms with Gasteiger partial charge in [0.1, 0.15) is 11.3 Å². The molecule has 3 aromatic carbocycles. The van der Waals surface area contributed by atoms with Crippen molar-refractivity contribution in [3.63, 3.8) is 0 Å². The van der Waals surface area contributed by atoms with Crippen molar-refractivity contribution in [3.8, 4) is 28.0 Å². The quantitative estimate of drug-likeness (QED) is 0.587. The Morgan fingerprint density at radius 3 is 2.03 bits per heavy atom. The van der Waals surface area contributed by atoms with Crippen molar-refractivity contribution in [2.45, 2.75) is 19.8 Å². The van der Waals surface area contributed by atoms with Crippen molar-refractivity contribution in [1.82, 2.24) is 0 Å². The van der Waals surface area contributed by atoms with Crippen LogP contribution in [0.25, 0.3) is 22.3 Å². The lowest BCUT2D eigenvalue weighted by Crippen LogP contribution is -2.20. The van der Waals surface area contributed by atoms with Crippen molar-refractivity contribution in [2.24, 2.45) is 0 Å². The zero-order valence-electron chi connectivity index (χ0n) is 16.6. The van der Waals surface area contributed by atoms with Gasteiger partial charge in [-0.15, -0.1) is 0 Å². The molecule has 0 spiro atoms. The van der Waals surface area contributed by atoms with Gasteiger partial charge < -0.3 is 14.7 Å². The summed E-state index contributed by atoms with van der Waals surface area (Å²) >= 11 is 0. The maximum atomic E-state index is 12.7. The molecule has 1 heterocycles. The fraction of sp³-hybridized carbons (Fsp3) is 0.240. The van der Waals surface area contributed by atoms with E-state index in [2.05, 4.69) is 4.90 Å². The smallest absolute Gasteiger partial charge is 0.342 e. The molecule has 4 heteroatoms. The van der Waals surface area contributed by atoms with Crippen LogP contribution in [0.1, 0.15) is 30.1 Å². The van der Waals surface area contributed by atoms with Crippen molar-refractivity contribution < 1.29 is 14.6 Å². The third-order valence-electron chi connectivity index (χ3n) is 5.35. The summed E-state index contributed by atoms with van der Waals surface area (Å²) in [6, 6.07) is 21.6. The lowest BCUT2D eigenvalue weighted by molar-refractivity contribution is 0.0523. The van der Waals surface area contributed by atoms with E-state index in [1.54, 1.807) is 13.0 Å². The second-order valence-corrected chi connectivity index (χ2v) is 7.19. The number of ether oxygens (including phenoxy) is 1. The highest BCUT2D eigenvalue weighted by Gasteiger charge is 2.27. The van der Waals surface area contributed by atoms with Crippen LogP contribution in [0.5, 0.6) is 5.75 Å². The van der Waals surface area contributed by atoms with E-state index in [1.807, 2.05) is 60.7 Å². The van der Waals surface area contributed by atoms with Crippen LogP contribution in [0.15, 0.2) is 66.7 Å². The molecular formula is C25H25NO3. The number of hydrogen-bond donors (Lipinski definition) is 1. The topological polar surface area (TPSA) is 49.8 Å². The summed E-state index contributed by atoms with van der Waals surface area (Å²) in [6.07, 6.45) is 2.23. The second kappa shape index (κ2) is 8.39. The van der Waals surface area contributed by atoms with Crippen LogP contribution in [0.3, 0.4) is 0 Å². The molecular weight excluding hydrogens is 362 g/mol. The third-order valence-corrected chi connectivity index (χ3v) is 5.35. The zero-order valence-corrected chi connectivity index (χ0v) is 16.6. The number of benzene rings is 3. The highest BCUT2D eigenvalue weighted by molar-refractivity contribution is 6.04. The maximum absolute atomic E-state index is 12.7. The Bertz CT molecular complexity index is 994. The van der Waals surface area contributed by atoms with Crippen LogP contribution in [0.4, 0.5) is 5.69 Å². The minimum Gasteiger partial charge on any atom is -0.506 e. The monoisotopic (exact) mass is 387 g/mol. The number of esters is 1. The molecule has 1 aliphatic rings. The van der Waals surface area contributed by atoms with E-state index >= 15 is 0 Å². The Labute approximate surface area is 171 Å². The van der Waals surface area contributed by atoms with Gasteiger partial charge in [-0.1, -0.05) is 60.7 Å². The number of carbonyl (C=O) groups excluding carboxylic acids is 1. The summed E-state index contributed by atoms with van der Waals surface area (Å²) in [7, 11) is 0. The first-order valence-electron chi connectivity index (χ1n) is 10.1. The van der Waals surface area contributed by atoms with Gasteiger partial charge in [-0.25, -0.2) is 4.79 Å². The van der Waals surface area contributed by atoms with Crippen LogP contribution in [0.2, 0.25) is 0 Å². The van der Waals surface area contributed by atoms with E-state index in [0.717, 1.165) is 48.3 Å². The molecule has 1 fully saturated rings. The summed E-state index contributed by atoms with van der Waals surface area (Å²) in [5.41, 5.74) is 4.68. The average molecular weight is 387 g/mol. The molecule has 4 nitrogen and oxygen atoms in total. The Balaban J connectivity index is 2.05. The number of nitrogens with zero attached hydrogens (tertiary/aromatic N) is 1. The van der Waals surface area contributed by atoms with Gasteiger partial charge in [-0.2, -0.15) is 0 Å². The Morgan fingerprint density at radius 2 is 1.48 bits per heavy atom. The molecule has 29 heavy (non-hydrogen) atoms. The molecule has 0 aliphatic carbocycles. The van der Waals surface area contributed by atoms with Crippen LogP contribution in [-0.4, -0.2) is 30.8 Å². The van der Waals surface area contributed by atoms with Crippen molar-refractivity contribution in [3.05, 3.63) is 72.3 Å². The predicted molar refractivity (Wildman–Crippen MR) is 116 cm³/mol. The predicted octanol–water partition coefficient (Wildman–Crippen LogP) is 5.50. The summed E-state index contributed by atoms with van der Waals surface area (Å²) in [6.45, 7) is 3.90. The Hall–Kier alpha value is -3.27. The SMILES string of the molecule is CCOC(=O)c1cc(N2CCCC2)c(-c2ccccc2)c(-c2ccccc2)c1O. The molecule has 148 valence electrons. The summed E-state index contributed by atoms with van der Waals surface area (Å²) in [5.74, 6) is -0.529. The van der Waals surface area contributed by atoms with Gasteiger partial charge in [-0.3, -0.25) is 0 Å². The van der Waals surface area contributed by atoms with Gasteiger partial charge in [0, 0.05) is 29.9 Å². The van der Waals surface area contributed by atoms with Gasteiger partial charge >= 0.3 is 5.97 Å². The first-order chi connectivity index (χ1) is 14.2. The molecule has 0 aromatic heterocycles.